The summed E-state index contributed by atoms with van der Waals surface area (Å²) < 4.78 is 42.1. The van der Waals surface area contributed by atoms with Crippen molar-refractivity contribution >= 4 is 23.3 Å². The third-order valence-corrected chi connectivity index (χ3v) is 2.87. The number of anilines is 1. The summed E-state index contributed by atoms with van der Waals surface area (Å²) in [6.45, 7) is 0. The number of carbonyl (C=O) groups excluding carboxylic acids is 1. The Kier molecular flexibility index (Phi) is 5.05. The standard InChI is InChI=1S/C14H8F3N3O6/c15-14(16,17)13(23)19-10-2-1-8(4-11(10)20(24)25)26-9-3-7(12(21)22)5-18-6-9/h1-6H,(H,19,23)(H,21,22). The van der Waals surface area contributed by atoms with E-state index in [0.717, 1.165) is 36.7 Å². The van der Waals surface area contributed by atoms with Gasteiger partial charge in [-0.3, -0.25) is 19.9 Å². The van der Waals surface area contributed by atoms with Gasteiger partial charge in [0.05, 0.1) is 22.7 Å². The second-order valence-corrected chi connectivity index (χ2v) is 4.70. The second-order valence-electron chi connectivity index (χ2n) is 4.70. The van der Waals surface area contributed by atoms with E-state index in [1.807, 2.05) is 0 Å². The number of rotatable bonds is 5. The van der Waals surface area contributed by atoms with Crippen LogP contribution in [-0.2, 0) is 4.79 Å². The summed E-state index contributed by atoms with van der Waals surface area (Å²) in [5.74, 6) is -3.89. The largest absolute Gasteiger partial charge is 0.478 e. The molecule has 0 unspecified atom stereocenters. The van der Waals surface area contributed by atoms with Gasteiger partial charge in [0.2, 0.25) is 0 Å². The molecule has 0 bridgehead atoms. The summed E-state index contributed by atoms with van der Waals surface area (Å²) in [6, 6.07) is 3.79. The van der Waals surface area contributed by atoms with Crippen molar-refractivity contribution in [3.8, 4) is 11.5 Å². The van der Waals surface area contributed by atoms with Crippen LogP contribution in [0.5, 0.6) is 11.5 Å². The van der Waals surface area contributed by atoms with Crippen molar-refractivity contribution in [2.24, 2.45) is 0 Å². The van der Waals surface area contributed by atoms with Crippen molar-refractivity contribution in [1.29, 1.82) is 0 Å². The number of amides is 1. The maximum Gasteiger partial charge on any atom is 0.471 e. The van der Waals surface area contributed by atoms with Gasteiger partial charge in [-0.15, -0.1) is 0 Å². The van der Waals surface area contributed by atoms with E-state index < -0.39 is 34.4 Å². The summed E-state index contributed by atoms with van der Waals surface area (Å²) in [5, 5.41) is 21.3. The third-order valence-electron chi connectivity index (χ3n) is 2.87. The van der Waals surface area contributed by atoms with E-state index in [1.54, 1.807) is 0 Å². The first-order valence-electron chi connectivity index (χ1n) is 6.60. The molecule has 2 N–H and O–H groups in total. The minimum atomic E-state index is -5.22. The molecule has 0 fully saturated rings. The molecule has 0 radical (unpaired) electrons. The number of hydrogen-bond acceptors (Lipinski definition) is 6. The van der Waals surface area contributed by atoms with Gasteiger partial charge in [-0.25, -0.2) is 4.79 Å². The van der Waals surface area contributed by atoms with E-state index in [9.17, 15) is 32.9 Å². The normalized spacial score (nSPS) is 10.9. The summed E-state index contributed by atoms with van der Waals surface area (Å²) >= 11 is 0. The number of ether oxygens (including phenoxy) is 1. The molecule has 2 rings (SSSR count). The molecule has 0 atom stereocenters. The Balaban J connectivity index is 2.31. The number of carboxylic acids is 1. The average Bonchev–Trinajstić information content (AvgIpc) is 2.55. The molecule has 0 aliphatic carbocycles. The van der Waals surface area contributed by atoms with Gasteiger partial charge >= 0.3 is 18.1 Å². The molecule has 1 aromatic carbocycles. The minimum absolute atomic E-state index is 0.0636. The molecule has 1 amide bonds. The van der Waals surface area contributed by atoms with E-state index in [2.05, 4.69) is 4.98 Å². The molecule has 0 aliphatic heterocycles. The van der Waals surface area contributed by atoms with E-state index in [-0.39, 0.29) is 17.1 Å². The van der Waals surface area contributed by atoms with Crippen LogP contribution >= 0.6 is 0 Å². The highest BCUT2D eigenvalue weighted by molar-refractivity contribution is 5.97. The predicted octanol–water partition coefficient (Wildman–Crippen LogP) is 2.98. The monoisotopic (exact) mass is 371 g/mol. The highest BCUT2D eigenvalue weighted by Crippen LogP contribution is 2.32. The van der Waals surface area contributed by atoms with Gasteiger partial charge in [0.1, 0.15) is 17.2 Å². The van der Waals surface area contributed by atoms with Gasteiger partial charge in [-0.05, 0) is 18.2 Å². The van der Waals surface area contributed by atoms with Crippen LogP contribution in [0.15, 0.2) is 36.7 Å². The van der Waals surface area contributed by atoms with Crippen LogP contribution in [0.4, 0.5) is 24.5 Å². The topological polar surface area (TPSA) is 132 Å². The van der Waals surface area contributed by atoms with Gasteiger partial charge in [-0.2, -0.15) is 13.2 Å². The summed E-state index contributed by atoms with van der Waals surface area (Å²) in [6.07, 6.45) is -3.03. The van der Waals surface area contributed by atoms with Crippen LogP contribution in [0.1, 0.15) is 10.4 Å². The first kappa shape index (κ1) is 18.6. The zero-order chi connectivity index (χ0) is 19.5. The van der Waals surface area contributed by atoms with E-state index >= 15 is 0 Å². The molecule has 1 heterocycles. The Morgan fingerprint density at radius 2 is 1.88 bits per heavy atom. The molecule has 26 heavy (non-hydrogen) atoms. The van der Waals surface area contributed by atoms with Gasteiger partial charge in [0.15, 0.2) is 0 Å². The van der Waals surface area contributed by atoms with Crippen LogP contribution in [0, 0.1) is 10.1 Å². The van der Waals surface area contributed by atoms with Crippen molar-refractivity contribution in [2.45, 2.75) is 6.18 Å². The molecule has 12 heteroatoms. The number of aromatic carboxylic acids is 1. The Bertz CT molecular complexity index is 884. The third kappa shape index (κ3) is 4.43. The number of nitro benzene ring substituents is 1. The molecule has 2 aromatic rings. The molecular formula is C14H8F3N3O6. The summed E-state index contributed by atoms with van der Waals surface area (Å²) in [4.78, 5) is 35.4. The number of halogens is 3. The number of nitrogens with one attached hydrogen (secondary N) is 1. The van der Waals surface area contributed by atoms with Crippen molar-refractivity contribution < 1.29 is 37.5 Å². The zero-order valence-electron chi connectivity index (χ0n) is 12.5. The fourth-order valence-electron chi connectivity index (χ4n) is 1.75. The number of carbonyl (C=O) groups is 2. The van der Waals surface area contributed by atoms with Gasteiger partial charge in [-0.1, -0.05) is 0 Å². The smallest absolute Gasteiger partial charge is 0.471 e. The van der Waals surface area contributed by atoms with Crippen LogP contribution in [0.3, 0.4) is 0 Å². The number of hydrogen-bond donors (Lipinski definition) is 2. The van der Waals surface area contributed by atoms with Crippen LogP contribution in [0.25, 0.3) is 0 Å². The molecule has 1 aromatic heterocycles. The maximum absolute atomic E-state index is 12.3. The number of carboxylic acid groups (broad SMARTS) is 1. The molecule has 0 spiro atoms. The molecule has 0 saturated heterocycles. The number of benzene rings is 1. The van der Waals surface area contributed by atoms with Crippen molar-refractivity contribution in [1.82, 2.24) is 4.98 Å². The minimum Gasteiger partial charge on any atom is -0.478 e. The highest BCUT2D eigenvalue weighted by atomic mass is 19.4. The Labute approximate surface area is 142 Å². The van der Waals surface area contributed by atoms with E-state index in [1.165, 1.54) is 5.32 Å². The SMILES string of the molecule is O=C(O)c1cncc(Oc2ccc(NC(=O)C(F)(F)F)c([N+](=O)[O-])c2)c1. The van der Waals surface area contributed by atoms with Crippen LogP contribution < -0.4 is 10.1 Å². The van der Waals surface area contributed by atoms with Crippen LogP contribution in [-0.4, -0.2) is 33.1 Å². The molecule has 0 aliphatic rings. The Morgan fingerprint density at radius 3 is 2.46 bits per heavy atom. The zero-order valence-corrected chi connectivity index (χ0v) is 12.5. The molecular weight excluding hydrogens is 363 g/mol. The number of nitrogens with zero attached hydrogens (tertiary/aromatic N) is 2. The Morgan fingerprint density at radius 1 is 1.19 bits per heavy atom. The fraction of sp³-hybridized carbons (Fsp3) is 0.0714. The highest BCUT2D eigenvalue weighted by Gasteiger charge is 2.39. The van der Waals surface area contributed by atoms with E-state index in [0.29, 0.717) is 0 Å². The Hall–Kier alpha value is -3.70. The predicted molar refractivity (Wildman–Crippen MR) is 79.1 cm³/mol. The lowest BCUT2D eigenvalue weighted by atomic mass is 10.2. The summed E-state index contributed by atoms with van der Waals surface area (Å²) in [5.41, 5.74) is -1.73. The van der Waals surface area contributed by atoms with Crippen LogP contribution in [0.2, 0.25) is 0 Å². The van der Waals surface area contributed by atoms with Gasteiger partial charge in [0, 0.05) is 6.20 Å². The second kappa shape index (κ2) is 7.04. The first-order chi connectivity index (χ1) is 12.1. The lowest BCUT2D eigenvalue weighted by Crippen LogP contribution is -2.30. The lowest BCUT2D eigenvalue weighted by molar-refractivity contribution is -0.384. The summed E-state index contributed by atoms with van der Waals surface area (Å²) in [7, 11) is 0. The molecule has 9 nitrogen and oxygen atoms in total. The van der Waals surface area contributed by atoms with Gasteiger partial charge in [0.25, 0.3) is 5.69 Å². The van der Waals surface area contributed by atoms with Gasteiger partial charge < -0.3 is 15.2 Å². The fourth-order valence-corrected chi connectivity index (χ4v) is 1.75. The first-order valence-corrected chi connectivity index (χ1v) is 6.60. The number of aromatic nitrogens is 1. The lowest BCUT2D eigenvalue weighted by Gasteiger charge is -2.10. The van der Waals surface area contributed by atoms with Crippen molar-refractivity contribution in [2.75, 3.05) is 5.32 Å². The maximum atomic E-state index is 12.3. The number of alkyl halides is 3. The number of nitro groups is 1. The quantitative estimate of drug-likeness (QED) is 0.610. The van der Waals surface area contributed by atoms with Crippen molar-refractivity contribution in [3.05, 3.63) is 52.3 Å². The number of pyridine rings is 1. The average molecular weight is 371 g/mol. The molecule has 136 valence electrons. The van der Waals surface area contributed by atoms with E-state index in [4.69, 9.17) is 9.84 Å². The molecule has 0 saturated carbocycles. The van der Waals surface area contributed by atoms with Crippen molar-refractivity contribution in [3.63, 3.8) is 0 Å².